The molecule has 0 spiro atoms. The van der Waals surface area contributed by atoms with E-state index in [0.717, 1.165) is 29.0 Å². The van der Waals surface area contributed by atoms with Crippen LogP contribution in [0, 0.1) is 5.92 Å². The molecule has 24 heavy (non-hydrogen) atoms. The van der Waals surface area contributed by atoms with E-state index in [0.29, 0.717) is 19.0 Å². The molecular weight excluding hydrogens is 324 g/mol. The summed E-state index contributed by atoms with van der Waals surface area (Å²) < 4.78 is 5.62. The molecule has 0 bridgehead atoms. The fourth-order valence-corrected chi connectivity index (χ4v) is 3.08. The number of halogens is 1. The Kier molecular flexibility index (Phi) is 5.36. The predicted octanol–water partition coefficient (Wildman–Crippen LogP) is 3.94. The Balaban J connectivity index is 1.57. The number of carbonyl (C=O) groups is 1. The highest BCUT2D eigenvalue weighted by atomic mass is 35.5. The molecule has 1 N–H and O–H groups in total. The summed E-state index contributed by atoms with van der Waals surface area (Å²) in [6.45, 7) is 3.10. The fraction of sp³-hybridized carbons (Fsp3) is 0.368. The minimum absolute atomic E-state index is 0.00146. The predicted molar refractivity (Wildman–Crippen MR) is 94.2 cm³/mol. The van der Waals surface area contributed by atoms with E-state index in [-0.39, 0.29) is 17.7 Å². The monoisotopic (exact) mass is 344 g/mol. The summed E-state index contributed by atoms with van der Waals surface area (Å²) in [4.78, 5) is 16.6. The second-order valence-electron chi connectivity index (χ2n) is 6.00. The van der Waals surface area contributed by atoms with E-state index in [1.807, 2.05) is 43.3 Å². The Morgan fingerprint density at radius 1 is 1.33 bits per heavy atom. The zero-order valence-corrected chi connectivity index (χ0v) is 14.4. The SMILES string of the molecule is CCCOc1ncccc1CNC(=O)C1CC1c1ccccc1Cl. The van der Waals surface area contributed by atoms with Gasteiger partial charge in [0.1, 0.15) is 0 Å². The number of pyridine rings is 1. The molecule has 0 radical (unpaired) electrons. The zero-order valence-electron chi connectivity index (χ0n) is 13.7. The molecule has 2 unspecified atom stereocenters. The van der Waals surface area contributed by atoms with Crippen LogP contribution in [-0.2, 0) is 11.3 Å². The molecule has 0 aliphatic heterocycles. The average Bonchev–Trinajstić information content (AvgIpc) is 3.39. The van der Waals surface area contributed by atoms with E-state index < -0.39 is 0 Å². The van der Waals surface area contributed by atoms with E-state index in [9.17, 15) is 4.79 Å². The molecule has 3 rings (SSSR count). The standard InChI is InChI=1S/C19H21ClN2O2/c1-2-10-24-19-13(6-5-9-21-19)12-22-18(23)16-11-15(16)14-7-3-4-8-17(14)20/h3-9,15-16H,2,10-12H2,1H3,(H,22,23). The quantitative estimate of drug-likeness (QED) is 0.827. The molecule has 2 atom stereocenters. The third-order valence-electron chi connectivity index (χ3n) is 4.18. The maximum Gasteiger partial charge on any atom is 0.224 e. The maximum atomic E-state index is 12.4. The number of benzene rings is 1. The van der Waals surface area contributed by atoms with Crippen molar-refractivity contribution in [3.63, 3.8) is 0 Å². The normalized spacial score (nSPS) is 18.9. The Morgan fingerprint density at radius 3 is 2.96 bits per heavy atom. The molecule has 1 aliphatic carbocycles. The first-order valence-electron chi connectivity index (χ1n) is 8.29. The van der Waals surface area contributed by atoms with Crippen LogP contribution in [0.3, 0.4) is 0 Å². The van der Waals surface area contributed by atoms with Crippen molar-refractivity contribution in [2.75, 3.05) is 6.61 Å². The summed E-state index contributed by atoms with van der Waals surface area (Å²) in [6.07, 6.45) is 3.47. The van der Waals surface area contributed by atoms with Gasteiger partial charge in [-0.2, -0.15) is 0 Å². The lowest BCUT2D eigenvalue weighted by atomic mass is 10.1. The maximum absolute atomic E-state index is 12.4. The number of nitrogens with zero attached hydrogens (tertiary/aromatic N) is 1. The van der Waals surface area contributed by atoms with Gasteiger partial charge in [-0.25, -0.2) is 4.98 Å². The number of hydrogen-bond donors (Lipinski definition) is 1. The van der Waals surface area contributed by atoms with Gasteiger partial charge in [-0.05, 0) is 36.5 Å². The number of ether oxygens (including phenoxy) is 1. The smallest absolute Gasteiger partial charge is 0.224 e. The first kappa shape index (κ1) is 16.8. The van der Waals surface area contributed by atoms with Crippen LogP contribution in [0.15, 0.2) is 42.6 Å². The van der Waals surface area contributed by atoms with Crippen molar-refractivity contribution >= 4 is 17.5 Å². The van der Waals surface area contributed by atoms with Crippen LogP contribution in [0.5, 0.6) is 5.88 Å². The molecule has 126 valence electrons. The van der Waals surface area contributed by atoms with E-state index in [2.05, 4.69) is 10.3 Å². The molecule has 1 heterocycles. The third-order valence-corrected chi connectivity index (χ3v) is 4.52. The van der Waals surface area contributed by atoms with Gasteiger partial charge in [-0.3, -0.25) is 4.79 Å². The highest BCUT2D eigenvalue weighted by Crippen LogP contribution is 2.49. The number of nitrogens with one attached hydrogen (secondary N) is 1. The second-order valence-corrected chi connectivity index (χ2v) is 6.41. The number of aromatic nitrogens is 1. The average molecular weight is 345 g/mol. The van der Waals surface area contributed by atoms with Crippen molar-refractivity contribution < 1.29 is 9.53 Å². The molecule has 5 heteroatoms. The summed E-state index contributed by atoms with van der Waals surface area (Å²) in [7, 11) is 0. The largest absolute Gasteiger partial charge is 0.477 e. The summed E-state index contributed by atoms with van der Waals surface area (Å²) in [6, 6.07) is 11.5. The van der Waals surface area contributed by atoms with E-state index in [1.165, 1.54) is 0 Å². The molecule has 1 amide bonds. The van der Waals surface area contributed by atoms with Gasteiger partial charge >= 0.3 is 0 Å². The minimum Gasteiger partial charge on any atom is -0.477 e. The zero-order chi connectivity index (χ0) is 16.9. The fourth-order valence-electron chi connectivity index (χ4n) is 2.81. The lowest BCUT2D eigenvalue weighted by Crippen LogP contribution is -2.25. The van der Waals surface area contributed by atoms with Gasteiger partial charge in [0.05, 0.1) is 6.61 Å². The number of hydrogen-bond acceptors (Lipinski definition) is 3. The highest BCUT2D eigenvalue weighted by molar-refractivity contribution is 6.31. The van der Waals surface area contributed by atoms with E-state index in [4.69, 9.17) is 16.3 Å². The molecule has 0 saturated heterocycles. The van der Waals surface area contributed by atoms with Crippen molar-refractivity contribution in [3.05, 3.63) is 58.7 Å². The number of amides is 1. The summed E-state index contributed by atoms with van der Waals surface area (Å²) in [5.74, 6) is 0.883. The minimum atomic E-state index is 0.00146. The summed E-state index contributed by atoms with van der Waals surface area (Å²) in [5, 5.41) is 3.73. The molecule has 1 aromatic carbocycles. The topological polar surface area (TPSA) is 51.2 Å². The van der Waals surface area contributed by atoms with Gasteiger partial charge < -0.3 is 10.1 Å². The lowest BCUT2D eigenvalue weighted by molar-refractivity contribution is -0.122. The van der Waals surface area contributed by atoms with Crippen LogP contribution in [0.2, 0.25) is 5.02 Å². The molecule has 1 aliphatic rings. The summed E-state index contributed by atoms with van der Waals surface area (Å²) in [5.41, 5.74) is 1.96. The van der Waals surface area contributed by atoms with Crippen molar-refractivity contribution in [2.24, 2.45) is 5.92 Å². The van der Waals surface area contributed by atoms with Crippen molar-refractivity contribution in [2.45, 2.75) is 32.2 Å². The molecule has 1 fully saturated rings. The van der Waals surface area contributed by atoms with Gasteiger partial charge in [0.2, 0.25) is 11.8 Å². The van der Waals surface area contributed by atoms with Gasteiger partial charge in [0, 0.05) is 29.2 Å². The Morgan fingerprint density at radius 2 is 2.17 bits per heavy atom. The molecule has 2 aromatic rings. The van der Waals surface area contributed by atoms with Crippen LogP contribution >= 0.6 is 11.6 Å². The van der Waals surface area contributed by atoms with Crippen LogP contribution in [0.25, 0.3) is 0 Å². The highest BCUT2D eigenvalue weighted by Gasteiger charge is 2.44. The second kappa shape index (κ2) is 7.67. The van der Waals surface area contributed by atoms with Crippen LogP contribution in [0.4, 0.5) is 0 Å². The molecule has 4 nitrogen and oxygen atoms in total. The van der Waals surface area contributed by atoms with Crippen molar-refractivity contribution in [1.29, 1.82) is 0 Å². The van der Waals surface area contributed by atoms with Crippen molar-refractivity contribution in [1.82, 2.24) is 10.3 Å². The van der Waals surface area contributed by atoms with Crippen molar-refractivity contribution in [3.8, 4) is 5.88 Å². The van der Waals surface area contributed by atoms with Crippen LogP contribution in [0.1, 0.15) is 36.8 Å². The lowest BCUT2D eigenvalue weighted by Gasteiger charge is -2.10. The Hall–Kier alpha value is -2.07. The van der Waals surface area contributed by atoms with Gasteiger partial charge in [-0.15, -0.1) is 0 Å². The first-order valence-corrected chi connectivity index (χ1v) is 8.67. The van der Waals surface area contributed by atoms with E-state index >= 15 is 0 Å². The third kappa shape index (κ3) is 3.88. The molecular formula is C19H21ClN2O2. The Bertz CT molecular complexity index is 720. The summed E-state index contributed by atoms with van der Waals surface area (Å²) >= 11 is 6.21. The van der Waals surface area contributed by atoms with Gasteiger partial charge in [-0.1, -0.05) is 42.8 Å². The van der Waals surface area contributed by atoms with Gasteiger partial charge in [0.15, 0.2) is 0 Å². The molecule has 1 saturated carbocycles. The number of rotatable bonds is 7. The van der Waals surface area contributed by atoms with Crippen LogP contribution < -0.4 is 10.1 Å². The molecule has 1 aromatic heterocycles. The first-order chi connectivity index (χ1) is 11.7. The Labute approximate surface area is 147 Å². The van der Waals surface area contributed by atoms with Crippen LogP contribution in [-0.4, -0.2) is 17.5 Å². The number of carbonyl (C=O) groups excluding carboxylic acids is 1. The van der Waals surface area contributed by atoms with Gasteiger partial charge in [0.25, 0.3) is 0 Å². The van der Waals surface area contributed by atoms with E-state index in [1.54, 1.807) is 6.20 Å².